The van der Waals surface area contributed by atoms with E-state index in [4.69, 9.17) is 0 Å². The van der Waals surface area contributed by atoms with Gasteiger partial charge in [-0.2, -0.15) is 13.2 Å². The largest absolute Gasteiger partial charge is 0.416 e. The third-order valence-corrected chi connectivity index (χ3v) is 3.73. The van der Waals surface area contributed by atoms with Gasteiger partial charge in [-0.05, 0) is 47.4 Å². The predicted molar refractivity (Wildman–Crippen MR) is 80.4 cm³/mol. The Labute approximate surface area is 135 Å². The highest BCUT2D eigenvalue weighted by Crippen LogP contribution is 2.32. The first kappa shape index (κ1) is 15.5. The first-order valence-corrected chi connectivity index (χ1v) is 7.07. The topological polar surface area (TPSA) is 61.0 Å². The fourth-order valence-corrected chi connectivity index (χ4v) is 2.56. The van der Waals surface area contributed by atoms with Crippen molar-refractivity contribution in [3.63, 3.8) is 0 Å². The Morgan fingerprint density at radius 2 is 1.78 bits per heavy atom. The van der Waals surface area contributed by atoms with Crippen molar-refractivity contribution in [1.82, 2.24) is 9.78 Å². The van der Waals surface area contributed by atoms with E-state index in [0.717, 1.165) is 12.1 Å². The average molecular weight is 386 g/mol. The van der Waals surface area contributed by atoms with Crippen LogP contribution < -0.4 is 0 Å². The zero-order valence-corrected chi connectivity index (χ0v) is 12.8. The van der Waals surface area contributed by atoms with Crippen molar-refractivity contribution in [2.45, 2.75) is 6.18 Å². The molecule has 9 heteroatoms. The van der Waals surface area contributed by atoms with Gasteiger partial charge in [-0.3, -0.25) is 0 Å². The zero-order valence-electron chi connectivity index (χ0n) is 11.2. The third kappa shape index (κ3) is 2.79. The molecule has 2 aromatic carbocycles. The van der Waals surface area contributed by atoms with Crippen molar-refractivity contribution in [2.75, 3.05) is 0 Å². The lowest BCUT2D eigenvalue weighted by Gasteiger charge is -2.06. The number of rotatable bonds is 2. The van der Waals surface area contributed by atoms with Gasteiger partial charge in [-0.25, -0.2) is 0 Å². The van der Waals surface area contributed by atoms with Crippen molar-refractivity contribution in [2.24, 2.45) is 0 Å². The molecule has 0 spiro atoms. The smallest absolute Gasteiger partial charge is 0.358 e. The van der Waals surface area contributed by atoms with Crippen LogP contribution in [0.3, 0.4) is 0 Å². The van der Waals surface area contributed by atoms with Gasteiger partial charge in [0.2, 0.25) is 0 Å². The summed E-state index contributed by atoms with van der Waals surface area (Å²) in [6, 6.07) is 9.09. The molecule has 0 atom stereocenters. The van der Waals surface area contributed by atoms with Crippen LogP contribution in [-0.4, -0.2) is 14.7 Å². The second-order valence-corrected chi connectivity index (χ2v) is 5.61. The Morgan fingerprint density at radius 3 is 2.35 bits per heavy atom. The molecule has 0 fully saturated rings. The molecule has 118 valence electrons. The van der Waals surface area contributed by atoms with Gasteiger partial charge in [0.05, 0.1) is 16.3 Å². The van der Waals surface area contributed by atoms with Gasteiger partial charge in [0.1, 0.15) is 10.9 Å². The van der Waals surface area contributed by atoms with Crippen LogP contribution >= 0.6 is 15.9 Å². The fraction of sp³-hybridized carbons (Fsp3) is 0.0714. The van der Waals surface area contributed by atoms with Crippen molar-refractivity contribution >= 4 is 32.7 Å². The summed E-state index contributed by atoms with van der Waals surface area (Å²) in [6.45, 7) is 0. The number of nitro groups is 1. The minimum atomic E-state index is -4.44. The van der Waals surface area contributed by atoms with E-state index in [1.165, 1.54) is 16.8 Å². The number of nitrogens with zero attached hydrogens (tertiary/aromatic N) is 3. The van der Waals surface area contributed by atoms with Gasteiger partial charge in [-0.1, -0.05) is 15.9 Å². The minimum absolute atomic E-state index is 0.296. The van der Waals surface area contributed by atoms with Gasteiger partial charge in [0.15, 0.2) is 0 Å². The van der Waals surface area contributed by atoms with Gasteiger partial charge in [0, 0.05) is 4.47 Å². The Morgan fingerprint density at radius 1 is 1.13 bits per heavy atom. The Balaban J connectivity index is 2.18. The minimum Gasteiger partial charge on any atom is -0.358 e. The van der Waals surface area contributed by atoms with Crippen molar-refractivity contribution < 1.29 is 18.1 Å². The van der Waals surface area contributed by atoms with E-state index in [2.05, 4.69) is 21.0 Å². The molecule has 5 nitrogen and oxygen atoms in total. The zero-order chi connectivity index (χ0) is 16.8. The lowest BCUT2D eigenvalue weighted by atomic mass is 10.2. The van der Waals surface area contributed by atoms with Crippen molar-refractivity contribution in [1.29, 1.82) is 0 Å². The number of alkyl halides is 3. The highest BCUT2D eigenvalue weighted by atomic mass is 79.9. The number of aromatic nitrogens is 2. The molecule has 0 bridgehead atoms. The van der Waals surface area contributed by atoms with Crippen LogP contribution in [0.4, 0.5) is 19.0 Å². The maximum absolute atomic E-state index is 12.6. The van der Waals surface area contributed by atoms with Gasteiger partial charge < -0.3 is 10.1 Å². The second kappa shape index (κ2) is 5.34. The van der Waals surface area contributed by atoms with E-state index in [-0.39, 0.29) is 5.82 Å². The summed E-state index contributed by atoms with van der Waals surface area (Å²) in [7, 11) is 0. The third-order valence-electron chi connectivity index (χ3n) is 3.23. The maximum Gasteiger partial charge on any atom is 0.416 e. The van der Waals surface area contributed by atoms with Crippen LogP contribution in [-0.2, 0) is 6.18 Å². The number of benzene rings is 2. The molecule has 0 saturated heterocycles. The summed E-state index contributed by atoms with van der Waals surface area (Å²) in [6.07, 6.45) is -4.44. The van der Waals surface area contributed by atoms with E-state index in [0.29, 0.717) is 21.1 Å². The first-order chi connectivity index (χ1) is 10.8. The monoisotopic (exact) mass is 385 g/mol. The molecule has 0 aliphatic carbocycles. The normalized spacial score (nSPS) is 11.8. The molecule has 23 heavy (non-hydrogen) atoms. The van der Waals surface area contributed by atoms with Crippen LogP contribution in [0.25, 0.3) is 16.6 Å². The number of fused-ring (bicyclic) bond motifs is 1. The number of hydrogen-bond acceptors (Lipinski definition) is 3. The Bertz CT molecular complexity index is 904. The SMILES string of the molecule is O=[N+]([O-])c1nn(-c2ccc(C(F)(F)F)cc2)c2ccc(Br)cc12. The molecular weight excluding hydrogens is 379 g/mol. The lowest BCUT2D eigenvalue weighted by molar-refractivity contribution is -0.388. The quantitative estimate of drug-likeness (QED) is 0.473. The van der Waals surface area contributed by atoms with Crippen LogP contribution in [0.2, 0.25) is 0 Å². The molecule has 0 amide bonds. The molecule has 0 saturated carbocycles. The fourth-order valence-electron chi connectivity index (χ4n) is 2.20. The van der Waals surface area contributed by atoms with Crippen molar-refractivity contribution in [3.8, 4) is 5.69 Å². The molecule has 0 unspecified atom stereocenters. The van der Waals surface area contributed by atoms with Gasteiger partial charge >= 0.3 is 12.0 Å². The maximum atomic E-state index is 12.6. The molecule has 1 heterocycles. The Hall–Kier alpha value is -2.42. The molecule has 3 aromatic rings. The predicted octanol–water partition coefficient (Wildman–Crippen LogP) is 4.72. The molecule has 0 aliphatic heterocycles. The first-order valence-electron chi connectivity index (χ1n) is 6.27. The second-order valence-electron chi connectivity index (χ2n) is 4.70. The van der Waals surface area contributed by atoms with Gasteiger partial charge in [0.25, 0.3) is 0 Å². The average Bonchev–Trinajstić information content (AvgIpc) is 2.85. The van der Waals surface area contributed by atoms with E-state index >= 15 is 0 Å². The highest BCUT2D eigenvalue weighted by molar-refractivity contribution is 9.10. The molecule has 3 rings (SSSR count). The van der Waals surface area contributed by atoms with Crippen molar-refractivity contribution in [3.05, 3.63) is 62.6 Å². The summed E-state index contributed by atoms with van der Waals surface area (Å²) in [5.41, 5.74) is -0.0620. The summed E-state index contributed by atoms with van der Waals surface area (Å²) >= 11 is 3.23. The molecule has 0 aliphatic rings. The number of halogens is 4. The molecule has 1 aromatic heterocycles. The molecule has 0 radical (unpaired) electrons. The van der Waals surface area contributed by atoms with E-state index in [1.807, 2.05) is 0 Å². The summed E-state index contributed by atoms with van der Waals surface area (Å²) < 4.78 is 39.7. The van der Waals surface area contributed by atoms with E-state index in [1.54, 1.807) is 18.2 Å². The Kier molecular flexibility index (Phi) is 3.59. The lowest BCUT2D eigenvalue weighted by Crippen LogP contribution is -2.05. The number of hydrogen-bond donors (Lipinski definition) is 0. The van der Waals surface area contributed by atoms with Crippen LogP contribution in [0.1, 0.15) is 5.56 Å². The van der Waals surface area contributed by atoms with Crippen LogP contribution in [0.5, 0.6) is 0 Å². The van der Waals surface area contributed by atoms with Gasteiger partial charge in [-0.15, -0.1) is 4.68 Å². The highest BCUT2D eigenvalue weighted by Gasteiger charge is 2.30. The summed E-state index contributed by atoms with van der Waals surface area (Å²) in [5.74, 6) is -0.360. The summed E-state index contributed by atoms with van der Waals surface area (Å²) in [4.78, 5) is 10.5. The standard InChI is InChI=1S/C14H7BrF3N3O2/c15-9-3-6-12-11(7-9)13(21(22)23)19-20(12)10-4-1-8(2-5-10)14(16,17)18/h1-7H. The van der Waals surface area contributed by atoms with E-state index < -0.39 is 16.7 Å². The van der Waals surface area contributed by atoms with Crippen LogP contribution in [0.15, 0.2) is 46.9 Å². The molecular formula is C14H7BrF3N3O2. The summed E-state index contributed by atoms with van der Waals surface area (Å²) in [5, 5.41) is 15.3. The molecule has 0 N–H and O–H groups in total. The van der Waals surface area contributed by atoms with E-state index in [9.17, 15) is 23.3 Å². The van der Waals surface area contributed by atoms with Crippen LogP contribution in [0, 0.1) is 10.1 Å².